The van der Waals surface area contributed by atoms with Gasteiger partial charge in [0.05, 0.1) is 11.9 Å². The maximum Gasteiger partial charge on any atom is 0.234 e. The van der Waals surface area contributed by atoms with Gasteiger partial charge in [-0.05, 0) is 12.1 Å². The average Bonchev–Trinajstić information content (AvgIpc) is 2.46. The van der Waals surface area contributed by atoms with Crippen LogP contribution in [0.3, 0.4) is 0 Å². The average molecular weight is 193 g/mol. The van der Waals surface area contributed by atoms with Gasteiger partial charge in [0.2, 0.25) is 5.95 Å². The fourth-order valence-electron chi connectivity index (χ4n) is 1.25. The molecule has 14 heavy (non-hydrogen) atoms. The van der Waals surface area contributed by atoms with E-state index >= 15 is 0 Å². The quantitative estimate of drug-likeness (QED) is 0.641. The Labute approximate surface area is 81.6 Å². The second-order valence-electron chi connectivity index (χ2n) is 4.32. The lowest BCUT2D eigenvalue weighted by Gasteiger charge is -2.16. The Morgan fingerprint density at radius 1 is 1.29 bits per heavy atom. The molecule has 0 N–H and O–H groups in total. The van der Waals surface area contributed by atoms with Crippen LogP contribution >= 0.6 is 0 Å². The summed E-state index contributed by atoms with van der Waals surface area (Å²) in [6.07, 6.45) is 1.18. The molecule has 3 nitrogen and oxygen atoms in total. The van der Waals surface area contributed by atoms with Crippen LogP contribution in [0.25, 0.3) is 5.65 Å². The summed E-state index contributed by atoms with van der Waals surface area (Å²) in [5.41, 5.74) is 1.31. The van der Waals surface area contributed by atoms with Gasteiger partial charge in [0.1, 0.15) is 0 Å². The first kappa shape index (κ1) is 9.12. The van der Waals surface area contributed by atoms with Crippen LogP contribution in [0, 0.1) is 5.95 Å². The highest BCUT2D eigenvalue weighted by molar-refractivity contribution is 5.37. The summed E-state index contributed by atoms with van der Waals surface area (Å²) in [5.74, 6) is -0.425. The third-order valence-electron chi connectivity index (χ3n) is 2.09. The zero-order chi connectivity index (χ0) is 10.3. The SMILES string of the molecule is CC(C)(C)c1ccc2ncc(F)n2n1. The minimum absolute atomic E-state index is 0.0785. The van der Waals surface area contributed by atoms with Crippen LogP contribution in [0.5, 0.6) is 0 Å². The molecule has 0 atom stereocenters. The van der Waals surface area contributed by atoms with Crippen molar-refractivity contribution in [2.24, 2.45) is 0 Å². The van der Waals surface area contributed by atoms with Gasteiger partial charge < -0.3 is 0 Å². The van der Waals surface area contributed by atoms with Crippen molar-refractivity contribution in [3.05, 3.63) is 30.0 Å². The lowest BCUT2D eigenvalue weighted by atomic mass is 9.92. The molecule has 0 spiro atoms. The smallest absolute Gasteiger partial charge is 0.232 e. The fraction of sp³-hybridized carbons (Fsp3) is 0.400. The summed E-state index contributed by atoms with van der Waals surface area (Å²) in [6.45, 7) is 6.11. The molecule has 0 saturated carbocycles. The largest absolute Gasteiger partial charge is 0.234 e. The van der Waals surface area contributed by atoms with Gasteiger partial charge in [0.25, 0.3) is 0 Å². The number of fused-ring (bicyclic) bond motifs is 1. The van der Waals surface area contributed by atoms with E-state index in [1.165, 1.54) is 10.7 Å². The van der Waals surface area contributed by atoms with Gasteiger partial charge in [-0.3, -0.25) is 0 Å². The van der Waals surface area contributed by atoms with Crippen molar-refractivity contribution in [3.8, 4) is 0 Å². The normalized spacial score (nSPS) is 12.3. The van der Waals surface area contributed by atoms with Gasteiger partial charge >= 0.3 is 0 Å². The van der Waals surface area contributed by atoms with E-state index in [4.69, 9.17) is 0 Å². The summed E-state index contributed by atoms with van der Waals surface area (Å²) in [4.78, 5) is 3.87. The minimum atomic E-state index is -0.425. The van der Waals surface area contributed by atoms with E-state index in [9.17, 15) is 4.39 Å². The molecule has 4 heteroatoms. The third kappa shape index (κ3) is 1.36. The summed E-state index contributed by atoms with van der Waals surface area (Å²) < 4.78 is 14.4. The van der Waals surface area contributed by atoms with E-state index in [-0.39, 0.29) is 5.41 Å². The van der Waals surface area contributed by atoms with Gasteiger partial charge in [0.15, 0.2) is 5.65 Å². The number of aromatic nitrogens is 3. The Hall–Kier alpha value is -1.45. The Bertz CT molecular complexity index is 468. The fourth-order valence-corrected chi connectivity index (χ4v) is 1.25. The van der Waals surface area contributed by atoms with E-state index in [2.05, 4.69) is 10.1 Å². The predicted molar refractivity (Wildman–Crippen MR) is 51.6 cm³/mol. The minimum Gasteiger partial charge on any atom is -0.232 e. The summed E-state index contributed by atoms with van der Waals surface area (Å²) in [6, 6.07) is 3.65. The van der Waals surface area contributed by atoms with Crippen LogP contribution in [-0.4, -0.2) is 14.6 Å². The molecule has 74 valence electrons. The summed E-state index contributed by atoms with van der Waals surface area (Å²) in [5, 5.41) is 4.19. The number of rotatable bonds is 0. The highest BCUT2D eigenvalue weighted by Gasteiger charge is 2.16. The molecular weight excluding hydrogens is 181 g/mol. The number of hydrogen-bond donors (Lipinski definition) is 0. The maximum absolute atomic E-state index is 13.2. The van der Waals surface area contributed by atoms with E-state index in [1.807, 2.05) is 26.8 Å². The molecule has 0 fully saturated rings. The Balaban J connectivity index is 2.66. The molecule has 2 heterocycles. The molecule has 2 aromatic rings. The second-order valence-corrected chi connectivity index (χ2v) is 4.32. The third-order valence-corrected chi connectivity index (χ3v) is 2.09. The number of nitrogens with zero attached hydrogens (tertiary/aromatic N) is 3. The molecule has 0 aliphatic heterocycles. The van der Waals surface area contributed by atoms with Gasteiger partial charge in [-0.15, -0.1) is 0 Å². The zero-order valence-electron chi connectivity index (χ0n) is 8.45. The Morgan fingerprint density at radius 3 is 2.64 bits per heavy atom. The Kier molecular flexibility index (Phi) is 1.80. The van der Waals surface area contributed by atoms with Gasteiger partial charge in [-0.1, -0.05) is 20.8 Å². The number of imidazole rings is 1. The molecule has 2 rings (SSSR count). The van der Waals surface area contributed by atoms with E-state index in [0.717, 1.165) is 5.69 Å². The maximum atomic E-state index is 13.2. The first-order chi connectivity index (χ1) is 6.48. The van der Waals surface area contributed by atoms with E-state index in [0.29, 0.717) is 5.65 Å². The zero-order valence-corrected chi connectivity index (χ0v) is 8.45. The molecule has 2 aromatic heterocycles. The van der Waals surface area contributed by atoms with Crippen molar-refractivity contribution in [3.63, 3.8) is 0 Å². The van der Waals surface area contributed by atoms with Gasteiger partial charge in [-0.2, -0.15) is 14.0 Å². The molecule has 0 aliphatic rings. The standard InChI is InChI=1S/C10H12FN3/c1-10(2,3)7-4-5-9-12-6-8(11)14(9)13-7/h4-6H,1-3H3. The highest BCUT2D eigenvalue weighted by atomic mass is 19.1. The topological polar surface area (TPSA) is 30.2 Å². The molecule has 0 aromatic carbocycles. The van der Waals surface area contributed by atoms with Crippen LogP contribution in [0.4, 0.5) is 4.39 Å². The van der Waals surface area contributed by atoms with Crippen molar-refractivity contribution in [2.45, 2.75) is 26.2 Å². The Morgan fingerprint density at radius 2 is 2.00 bits per heavy atom. The first-order valence-electron chi connectivity index (χ1n) is 4.49. The molecular formula is C10H12FN3. The predicted octanol–water partition coefficient (Wildman–Crippen LogP) is 2.17. The van der Waals surface area contributed by atoms with Crippen molar-refractivity contribution in [2.75, 3.05) is 0 Å². The van der Waals surface area contributed by atoms with Crippen LogP contribution in [0.15, 0.2) is 18.3 Å². The molecule has 0 saturated heterocycles. The van der Waals surface area contributed by atoms with Crippen molar-refractivity contribution in [1.29, 1.82) is 0 Å². The number of halogens is 1. The van der Waals surface area contributed by atoms with Crippen molar-refractivity contribution < 1.29 is 4.39 Å². The monoisotopic (exact) mass is 193 g/mol. The van der Waals surface area contributed by atoms with Crippen molar-refractivity contribution >= 4 is 5.65 Å². The molecule has 0 bridgehead atoms. The molecule has 0 unspecified atom stereocenters. The van der Waals surface area contributed by atoms with Gasteiger partial charge in [-0.25, -0.2) is 4.98 Å². The lowest BCUT2D eigenvalue weighted by molar-refractivity contribution is 0.513. The lowest BCUT2D eigenvalue weighted by Crippen LogP contribution is -2.15. The van der Waals surface area contributed by atoms with Crippen LogP contribution < -0.4 is 0 Å². The molecule has 0 amide bonds. The van der Waals surface area contributed by atoms with Crippen molar-refractivity contribution in [1.82, 2.24) is 14.6 Å². The van der Waals surface area contributed by atoms with Crippen LogP contribution in [0.2, 0.25) is 0 Å². The van der Waals surface area contributed by atoms with E-state index < -0.39 is 5.95 Å². The van der Waals surface area contributed by atoms with E-state index in [1.54, 1.807) is 6.07 Å². The van der Waals surface area contributed by atoms with Crippen LogP contribution in [0.1, 0.15) is 26.5 Å². The molecule has 0 aliphatic carbocycles. The summed E-state index contributed by atoms with van der Waals surface area (Å²) >= 11 is 0. The first-order valence-corrected chi connectivity index (χ1v) is 4.49. The van der Waals surface area contributed by atoms with Crippen LogP contribution in [-0.2, 0) is 5.41 Å². The molecule has 0 radical (unpaired) electrons. The highest BCUT2D eigenvalue weighted by Crippen LogP contribution is 2.19. The summed E-state index contributed by atoms with van der Waals surface area (Å²) in [7, 11) is 0. The number of hydrogen-bond acceptors (Lipinski definition) is 2. The second kappa shape index (κ2) is 2.77. The van der Waals surface area contributed by atoms with Gasteiger partial charge in [0, 0.05) is 5.41 Å².